The molecule has 1 unspecified atom stereocenters. The Morgan fingerprint density at radius 1 is 1.20 bits per heavy atom. The molecule has 1 aromatic rings. The fraction of sp³-hybridized carbons (Fsp3) is 0.650. The van der Waals surface area contributed by atoms with Gasteiger partial charge in [-0.15, -0.1) is 0 Å². The third-order valence-electron chi connectivity index (χ3n) is 5.15. The topological polar surface area (TPSA) is 69.7 Å². The number of carbonyl (C=O) groups excluding carboxylic acids is 1. The van der Waals surface area contributed by atoms with Crippen LogP contribution in [0.15, 0.2) is 23.1 Å². The maximum atomic E-state index is 13.3. The van der Waals surface area contributed by atoms with Gasteiger partial charge in [-0.05, 0) is 63.8 Å². The zero-order valence-electron chi connectivity index (χ0n) is 18.0. The van der Waals surface area contributed by atoms with E-state index in [1.807, 2.05) is 6.26 Å². The zero-order chi connectivity index (χ0) is 22.5. The molecule has 6 nitrogen and oxygen atoms in total. The normalized spacial score (nSPS) is 17.6. The molecule has 0 spiro atoms. The SMILES string of the molecule is CSCCC(NS(=O)(=O)c1cc(Cl)ccc1Cl)C(=O)N1CCCN(C(C)(C)C)CC1. The molecular formula is C20H31Cl2N3O3S2. The highest BCUT2D eigenvalue weighted by atomic mass is 35.5. The maximum absolute atomic E-state index is 13.3. The van der Waals surface area contributed by atoms with E-state index in [1.54, 1.807) is 16.7 Å². The Kier molecular flexibility index (Phi) is 9.34. The quantitative estimate of drug-likeness (QED) is 0.623. The molecule has 0 saturated carbocycles. The average Bonchev–Trinajstić information content (AvgIpc) is 2.92. The molecule has 1 atom stereocenters. The van der Waals surface area contributed by atoms with E-state index in [0.717, 1.165) is 19.5 Å². The number of nitrogens with zero attached hydrogens (tertiary/aromatic N) is 2. The number of halogens is 2. The van der Waals surface area contributed by atoms with E-state index in [2.05, 4.69) is 30.4 Å². The summed E-state index contributed by atoms with van der Waals surface area (Å²) in [5.41, 5.74) is 0.0300. The third-order valence-corrected chi connectivity index (χ3v) is 7.98. The Bertz CT molecular complexity index is 844. The van der Waals surface area contributed by atoms with E-state index in [-0.39, 0.29) is 26.4 Å². The molecule has 0 aliphatic carbocycles. The smallest absolute Gasteiger partial charge is 0.242 e. The Balaban J connectivity index is 2.20. The lowest BCUT2D eigenvalue weighted by atomic mass is 10.1. The molecule has 1 saturated heterocycles. The van der Waals surface area contributed by atoms with Gasteiger partial charge in [-0.3, -0.25) is 9.69 Å². The van der Waals surface area contributed by atoms with Crippen molar-refractivity contribution in [2.75, 3.05) is 38.2 Å². The van der Waals surface area contributed by atoms with Gasteiger partial charge < -0.3 is 4.90 Å². The number of nitrogens with one attached hydrogen (secondary N) is 1. The maximum Gasteiger partial charge on any atom is 0.242 e. The van der Waals surface area contributed by atoms with Crippen LogP contribution in [-0.2, 0) is 14.8 Å². The number of hydrogen-bond acceptors (Lipinski definition) is 5. The molecule has 1 fully saturated rings. The van der Waals surface area contributed by atoms with Gasteiger partial charge in [-0.25, -0.2) is 8.42 Å². The number of benzene rings is 1. The Morgan fingerprint density at radius 3 is 2.53 bits per heavy atom. The fourth-order valence-electron chi connectivity index (χ4n) is 3.43. The van der Waals surface area contributed by atoms with E-state index in [9.17, 15) is 13.2 Å². The molecule has 1 aliphatic heterocycles. The summed E-state index contributed by atoms with van der Waals surface area (Å²) < 4.78 is 28.5. The van der Waals surface area contributed by atoms with Crippen molar-refractivity contribution in [1.29, 1.82) is 0 Å². The summed E-state index contributed by atoms with van der Waals surface area (Å²) in [6.07, 6.45) is 3.18. The average molecular weight is 497 g/mol. The van der Waals surface area contributed by atoms with Gasteiger partial charge in [0, 0.05) is 36.7 Å². The third kappa shape index (κ3) is 7.00. The molecule has 1 N–H and O–H groups in total. The summed E-state index contributed by atoms with van der Waals surface area (Å²) in [6, 6.07) is 3.42. The zero-order valence-corrected chi connectivity index (χ0v) is 21.1. The van der Waals surface area contributed by atoms with Crippen molar-refractivity contribution >= 4 is 50.9 Å². The van der Waals surface area contributed by atoms with Gasteiger partial charge in [-0.1, -0.05) is 23.2 Å². The molecule has 0 bridgehead atoms. The number of hydrogen-bond donors (Lipinski definition) is 1. The number of rotatable bonds is 7. The predicted molar refractivity (Wildman–Crippen MR) is 126 cm³/mol. The summed E-state index contributed by atoms with van der Waals surface area (Å²) in [5.74, 6) is 0.464. The minimum absolute atomic E-state index is 0.0300. The Morgan fingerprint density at radius 2 is 1.90 bits per heavy atom. The van der Waals surface area contributed by atoms with Crippen LogP contribution in [0, 0.1) is 0 Å². The van der Waals surface area contributed by atoms with Crippen LogP contribution in [0.3, 0.4) is 0 Å². The van der Waals surface area contributed by atoms with Crippen LogP contribution in [0.25, 0.3) is 0 Å². The van der Waals surface area contributed by atoms with Crippen molar-refractivity contribution < 1.29 is 13.2 Å². The van der Waals surface area contributed by atoms with Gasteiger partial charge >= 0.3 is 0 Å². The lowest BCUT2D eigenvalue weighted by Crippen LogP contribution is -2.50. The molecule has 1 aliphatic rings. The number of thioether (sulfide) groups is 1. The summed E-state index contributed by atoms with van der Waals surface area (Å²) in [5, 5.41) is 0.333. The van der Waals surface area contributed by atoms with Gasteiger partial charge in [0.25, 0.3) is 0 Å². The van der Waals surface area contributed by atoms with Crippen molar-refractivity contribution in [1.82, 2.24) is 14.5 Å². The molecule has 30 heavy (non-hydrogen) atoms. The standard InChI is InChI=1S/C20H31Cl2N3O3S2/c1-20(2,3)25-10-5-9-24(11-12-25)19(26)17(8-13-29-4)23-30(27,28)18-14-15(21)6-7-16(18)22/h6-7,14,17,23H,5,8-13H2,1-4H3. The van der Waals surface area contributed by atoms with E-state index >= 15 is 0 Å². The Hall–Kier alpha value is -0.510. The fourth-order valence-corrected chi connectivity index (χ4v) is 5.89. The second-order valence-electron chi connectivity index (χ2n) is 8.37. The highest BCUT2D eigenvalue weighted by Crippen LogP contribution is 2.25. The monoisotopic (exact) mass is 495 g/mol. The van der Waals surface area contributed by atoms with Gasteiger partial charge in [0.1, 0.15) is 10.9 Å². The van der Waals surface area contributed by atoms with Crippen LogP contribution in [0.5, 0.6) is 0 Å². The molecule has 10 heteroatoms. The second kappa shape index (κ2) is 10.9. The van der Waals surface area contributed by atoms with E-state index in [4.69, 9.17) is 23.2 Å². The molecule has 1 aromatic carbocycles. The van der Waals surface area contributed by atoms with Crippen LogP contribution >= 0.6 is 35.0 Å². The van der Waals surface area contributed by atoms with E-state index in [0.29, 0.717) is 25.3 Å². The van der Waals surface area contributed by atoms with Crippen LogP contribution in [0.2, 0.25) is 10.0 Å². The molecular weight excluding hydrogens is 465 g/mol. The Labute approximate surface area is 194 Å². The first-order valence-corrected chi connectivity index (χ1v) is 13.6. The number of carbonyl (C=O) groups is 1. The lowest BCUT2D eigenvalue weighted by Gasteiger charge is -2.34. The van der Waals surface area contributed by atoms with E-state index < -0.39 is 16.1 Å². The van der Waals surface area contributed by atoms with Crippen molar-refractivity contribution in [3.63, 3.8) is 0 Å². The van der Waals surface area contributed by atoms with Crippen LogP contribution in [-0.4, -0.2) is 73.9 Å². The van der Waals surface area contributed by atoms with Crippen LogP contribution in [0.4, 0.5) is 0 Å². The van der Waals surface area contributed by atoms with Gasteiger partial charge in [-0.2, -0.15) is 16.5 Å². The van der Waals surface area contributed by atoms with Gasteiger partial charge in [0.05, 0.1) is 5.02 Å². The van der Waals surface area contributed by atoms with Crippen LogP contribution < -0.4 is 4.72 Å². The molecule has 2 rings (SSSR count). The highest BCUT2D eigenvalue weighted by molar-refractivity contribution is 7.98. The number of amides is 1. The molecule has 1 amide bonds. The predicted octanol–water partition coefficient (Wildman–Crippen LogP) is 3.73. The molecule has 0 radical (unpaired) electrons. The number of sulfonamides is 1. The second-order valence-corrected chi connectivity index (χ2v) is 11.9. The summed E-state index contributed by atoms with van der Waals surface area (Å²) in [4.78, 5) is 17.3. The minimum Gasteiger partial charge on any atom is -0.340 e. The van der Waals surface area contributed by atoms with Crippen molar-refractivity contribution in [2.24, 2.45) is 0 Å². The first-order valence-electron chi connectivity index (χ1n) is 9.96. The summed E-state index contributed by atoms with van der Waals surface area (Å²) >= 11 is 13.6. The summed E-state index contributed by atoms with van der Waals surface area (Å²) in [7, 11) is -4.00. The van der Waals surface area contributed by atoms with Gasteiger partial charge in [0.15, 0.2) is 0 Å². The van der Waals surface area contributed by atoms with E-state index in [1.165, 1.54) is 18.2 Å². The summed E-state index contributed by atoms with van der Waals surface area (Å²) in [6.45, 7) is 9.34. The first-order chi connectivity index (χ1) is 14.0. The van der Waals surface area contributed by atoms with Crippen LogP contribution in [0.1, 0.15) is 33.6 Å². The minimum atomic E-state index is -4.00. The van der Waals surface area contributed by atoms with Crippen molar-refractivity contribution in [3.05, 3.63) is 28.2 Å². The molecule has 170 valence electrons. The van der Waals surface area contributed by atoms with Gasteiger partial charge in [0.2, 0.25) is 15.9 Å². The molecule has 0 aromatic heterocycles. The van der Waals surface area contributed by atoms with Crippen molar-refractivity contribution in [3.8, 4) is 0 Å². The molecule has 1 heterocycles. The first kappa shape index (κ1) is 25.7. The largest absolute Gasteiger partial charge is 0.340 e. The van der Waals surface area contributed by atoms with Crippen molar-refractivity contribution in [2.45, 2.75) is 50.1 Å². The highest BCUT2D eigenvalue weighted by Gasteiger charge is 2.32. The lowest BCUT2D eigenvalue weighted by molar-refractivity contribution is -0.133.